The molecule has 0 radical (unpaired) electrons. The Bertz CT molecular complexity index is 1200. The minimum atomic E-state index is -3.61. The van der Waals surface area contributed by atoms with Crippen LogP contribution in [0.15, 0.2) is 59.9 Å². The third kappa shape index (κ3) is 3.93. The SMILES string of the molecule is CS(=O)(=O)c1nc(C(=O)N2CCCC(C(=O)Nc3ccccc3)C2)c2ccccn12. The second-order valence-corrected chi connectivity index (χ2v) is 9.33. The first-order valence-electron chi connectivity index (χ1n) is 9.67. The first-order chi connectivity index (χ1) is 14.3. The number of benzene rings is 1. The van der Waals surface area contributed by atoms with Gasteiger partial charge in [0, 0.05) is 31.2 Å². The first-order valence-corrected chi connectivity index (χ1v) is 11.6. The highest BCUT2D eigenvalue weighted by molar-refractivity contribution is 7.90. The molecule has 0 aliphatic carbocycles. The highest BCUT2D eigenvalue weighted by Crippen LogP contribution is 2.23. The van der Waals surface area contributed by atoms with E-state index in [1.54, 1.807) is 29.3 Å². The van der Waals surface area contributed by atoms with Gasteiger partial charge in [0.1, 0.15) is 0 Å². The molecule has 1 fully saturated rings. The lowest BCUT2D eigenvalue weighted by molar-refractivity contribution is -0.121. The second kappa shape index (κ2) is 7.91. The molecule has 156 valence electrons. The van der Waals surface area contributed by atoms with Crippen LogP contribution < -0.4 is 5.32 Å². The average Bonchev–Trinajstić information content (AvgIpc) is 3.14. The maximum atomic E-state index is 13.2. The van der Waals surface area contributed by atoms with E-state index in [9.17, 15) is 18.0 Å². The molecular formula is C21H22N4O4S. The van der Waals surface area contributed by atoms with E-state index in [-0.39, 0.29) is 35.1 Å². The standard InChI is InChI=1S/C21H22N4O4S/c1-30(28,29)21-23-18(17-11-5-6-13-25(17)21)20(27)24-12-7-8-15(14-24)19(26)22-16-9-3-2-4-10-16/h2-6,9-11,13,15H,7-8,12,14H2,1H3,(H,22,26). The zero-order valence-corrected chi connectivity index (χ0v) is 17.3. The fourth-order valence-electron chi connectivity index (χ4n) is 3.72. The van der Waals surface area contributed by atoms with Crippen molar-refractivity contribution in [2.24, 2.45) is 5.92 Å². The number of carbonyl (C=O) groups is 2. The van der Waals surface area contributed by atoms with Crippen molar-refractivity contribution in [1.82, 2.24) is 14.3 Å². The van der Waals surface area contributed by atoms with E-state index in [0.717, 1.165) is 6.26 Å². The van der Waals surface area contributed by atoms with Gasteiger partial charge in [0.25, 0.3) is 5.91 Å². The smallest absolute Gasteiger partial charge is 0.274 e. The summed E-state index contributed by atoms with van der Waals surface area (Å²) in [6.45, 7) is 0.756. The van der Waals surface area contributed by atoms with E-state index in [4.69, 9.17) is 0 Å². The van der Waals surface area contributed by atoms with Crippen LogP contribution in [-0.4, -0.2) is 53.9 Å². The quantitative estimate of drug-likeness (QED) is 0.689. The number of fused-ring (bicyclic) bond motifs is 1. The molecule has 1 atom stereocenters. The van der Waals surface area contributed by atoms with Crippen LogP contribution in [0.3, 0.4) is 0 Å². The lowest BCUT2D eigenvalue weighted by Crippen LogP contribution is -2.44. The topological polar surface area (TPSA) is 101 Å². The molecule has 0 bridgehead atoms. The number of likely N-dealkylation sites (tertiary alicyclic amines) is 1. The summed E-state index contributed by atoms with van der Waals surface area (Å²) in [5.41, 5.74) is 1.22. The number of pyridine rings is 1. The monoisotopic (exact) mass is 426 g/mol. The van der Waals surface area contributed by atoms with Gasteiger partial charge in [-0.3, -0.25) is 14.0 Å². The molecule has 1 N–H and O–H groups in total. The minimum Gasteiger partial charge on any atom is -0.336 e. The number of para-hydroxylation sites is 1. The Balaban J connectivity index is 1.57. The molecule has 1 aromatic carbocycles. The Labute approximate surface area is 174 Å². The molecule has 0 saturated carbocycles. The summed E-state index contributed by atoms with van der Waals surface area (Å²) in [7, 11) is -3.61. The fraction of sp³-hybridized carbons (Fsp3) is 0.286. The Hall–Kier alpha value is -3.20. The molecule has 1 aliphatic heterocycles. The van der Waals surface area contributed by atoms with Gasteiger partial charge < -0.3 is 10.2 Å². The van der Waals surface area contributed by atoms with Gasteiger partial charge in [-0.15, -0.1) is 0 Å². The zero-order valence-electron chi connectivity index (χ0n) is 16.5. The average molecular weight is 426 g/mol. The summed E-state index contributed by atoms with van der Waals surface area (Å²) in [4.78, 5) is 31.6. The number of aromatic nitrogens is 2. The van der Waals surface area contributed by atoms with Crippen molar-refractivity contribution in [1.29, 1.82) is 0 Å². The molecule has 8 nitrogen and oxygen atoms in total. The molecule has 0 spiro atoms. The van der Waals surface area contributed by atoms with Crippen molar-refractivity contribution in [3.05, 3.63) is 60.4 Å². The third-order valence-electron chi connectivity index (χ3n) is 5.17. The van der Waals surface area contributed by atoms with Gasteiger partial charge in [-0.2, -0.15) is 0 Å². The van der Waals surface area contributed by atoms with Gasteiger partial charge in [-0.25, -0.2) is 13.4 Å². The van der Waals surface area contributed by atoms with Crippen molar-refractivity contribution >= 4 is 32.9 Å². The van der Waals surface area contributed by atoms with Gasteiger partial charge in [-0.1, -0.05) is 24.3 Å². The van der Waals surface area contributed by atoms with Crippen LogP contribution in [-0.2, 0) is 14.6 Å². The van der Waals surface area contributed by atoms with Crippen molar-refractivity contribution < 1.29 is 18.0 Å². The second-order valence-electron chi connectivity index (χ2n) is 7.42. The number of nitrogens with one attached hydrogen (secondary N) is 1. The molecule has 9 heteroatoms. The molecule has 3 heterocycles. The summed E-state index contributed by atoms with van der Waals surface area (Å²) >= 11 is 0. The van der Waals surface area contributed by atoms with Gasteiger partial charge in [0.05, 0.1) is 11.4 Å². The summed E-state index contributed by atoms with van der Waals surface area (Å²) < 4.78 is 25.6. The van der Waals surface area contributed by atoms with E-state index in [1.807, 2.05) is 30.3 Å². The Morgan fingerprint density at radius 3 is 2.57 bits per heavy atom. The maximum Gasteiger partial charge on any atom is 0.274 e. The first kappa shape index (κ1) is 20.1. The van der Waals surface area contributed by atoms with Gasteiger partial charge >= 0.3 is 0 Å². The number of hydrogen-bond donors (Lipinski definition) is 1. The number of imidazole rings is 1. The number of rotatable bonds is 4. The van der Waals surface area contributed by atoms with Crippen LogP contribution in [0, 0.1) is 5.92 Å². The lowest BCUT2D eigenvalue weighted by Gasteiger charge is -2.31. The highest BCUT2D eigenvalue weighted by atomic mass is 32.2. The van der Waals surface area contributed by atoms with Crippen LogP contribution in [0.5, 0.6) is 0 Å². The van der Waals surface area contributed by atoms with Crippen molar-refractivity contribution in [3.63, 3.8) is 0 Å². The Morgan fingerprint density at radius 1 is 1.10 bits per heavy atom. The number of carbonyl (C=O) groups excluding carboxylic acids is 2. The lowest BCUT2D eigenvalue weighted by atomic mass is 9.96. The normalized spacial score (nSPS) is 17.1. The van der Waals surface area contributed by atoms with Crippen molar-refractivity contribution in [3.8, 4) is 0 Å². The largest absolute Gasteiger partial charge is 0.336 e. The number of sulfone groups is 1. The van der Waals surface area contributed by atoms with Crippen LogP contribution in [0.1, 0.15) is 23.3 Å². The number of hydrogen-bond acceptors (Lipinski definition) is 5. The predicted octanol–water partition coefficient (Wildman–Crippen LogP) is 2.23. The number of piperidine rings is 1. The number of amides is 2. The van der Waals surface area contributed by atoms with E-state index in [1.165, 1.54) is 4.40 Å². The molecule has 1 saturated heterocycles. The maximum absolute atomic E-state index is 13.2. The number of anilines is 1. The molecule has 1 unspecified atom stereocenters. The van der Waals surface area contributed by atoms with Crippen LogP contribution in [0.2, 0.25) is 0 Å². The molecule has 4 rings (SSSR count). The molecule has 2 amide bonds. The summed E-state index contributed by atoms with van der Waals surface area (Å²) in [5, 5.41) is 2.72. The van der Waals surface area contributed by atoms with E-state index < -0.39 is 9.84 Å². The van der Waals surface area contributed by atoms with Crippen LogP contribution in [0.25, 0.3) is 5.52 Å². The highest BCUT2D eigenvalue weighted by Gasteiger charge is 2.32. The van der Waals surface area contributed by atoms with Gasteiger partial charge in [-0.05, 0) is 37.1 Å². The summed E-state index contributed by atoms with van der Waals surface area (Å²) in [6.07, 6.45) is 4.00. The molecule has 1 aliphatic rings. The molecule has 30 heavy (non-hydrogen) atoms. The van der Waals surface area contributed by atoms with Crippen LogP contribution in [0.4, 0.5) is 5.69 Å². The fourth-order valence-corrected chi connectivity index (χ4v) is 4.49. The van der Waals surface area contributed by atoms with Crippen molar-refractivity contribution in [2.45, 2.75) is 18.0 Å². The number of nitrogens with zero attached hydrogens (tertiary/aromatic N) is 3. The summed E-state index contributed by atoms with van der Waals surface area (Å²) in [5.74, 6) is -0.845. The molecule has 2 aromatic heterocycles. The van der Waals surface area contributed by atoms with Crippen molar-refractivity contribution in [2.75, 3.05) is 24.7 Å². The van der Waals surface area contributed by atoms with E-state index in [0.29, 0.717) is 30.6 Å². The van der Waals surface area contributed by atoms with E-state index >= 15 is 0 Å². The summed E-state index contributed by atoms with van der Waals surface area (Å²) in [6, 6.07) is 14.3. The Kier molecular flexibility index (Phi) is 5.29. The van der Waals surface area contributed by atoms with Crippen LogP contribution >= 0.6 is 0 Å². The van der Waals surface area contributed by atoms with E-state index in [2.05, 4.69) is 10.3 Å². The van der Waals surface area contributed by atoms with Gasteiger partial charge in [0.2, 0.25) is 20.9 Å². The minimum absolute atomic E-state index is 0.0835. The molecular weight excluding hydrogens is 404 g/mol. The molecule has 3 aromatic rings. The Morgan fingerprint density at radius 2 is 1.83 bits per heavy atom. The predicted molar refractivity (Wildman–Crippen MR) is 112 cm³/mol. The van der Waals surface area contributed by atoms with Gasteiger partial charge in [0.15, 0.2) is 5.69 Å². The third-order valence-corrected chi connectivity index (χ3v) is 6.12. The zero-order chi connectivity index (χ0) is 21.3.